The van der Waals surface area contributed by atoms with Crippen molar-refractivity contribution >= 4 is 29.3 Å². The molecular weight excluding hydrogens is 396 g/mol. The Morgan fingerprint density at radius 3 is 2.89 bits per heavy atom. The molecular formula is C20H21ClN4O2S. The summed E-state index contributed by atoms with van der Waals surface area (Å²) in [6.45, 7) is 2.67. The molecule has 1 heterocycles. The molecule has 0 unspecified atom stereocenters. The minimum Gasteiger partial charge on any atom is -0.496 e. The number of aromatic nitrogens is 3. The van der Waals surface area contributed by atoms with Crippen LogP contribution in [-0.4, -0.2) is 40.5 Å². The van der Waals surface area contributed by atoms with Gasteiger partial charge < -0.3 is 10.1 Å². The molecule has 3 rings (SSSR count). The summed E-state index contributed by atoms with van der Waals surface area (Å²) in [5.74, 6) is 1.38. The van der Waals surface area contributed by atoms with Crippen molar-refractivity contribution in [2.45, 2.75) is 18.5 Å². The fourth-order valence-corrected chi connectivity index (χ4v) is 3.51. The zero-order chi connectivity index (χ0) is 19.9. The van der Waals surface area contributed by atoms with E-state index in [-0.39, 0.29) is 11.7 Å². The number of hydrogen-bond donors (Lipinski definition) is 2. The average molecular weight is 417 g/mol. The maximum atomic E-state index is 12.1. The van der Waals surface area contributed by atoms with E-state index < -0.39 is 0 Å². The normalized spacial score (nSPS) is 10.7. The molecule has 8 heteroatoms. The number of thioether (sulfide) groups is 1. The fraction of sp³-hybridized carbons (Fsp3) is 0.250. The van der Waals surface area contributed by atoms with E-state index in [4.69, 9.17) is 16.3 Å². The highest BCUT2D eigenvalue weighted by Gasteiger charge is 2.13. The van der Waals surface area contributed by atoms with Crippen LogP contribution in [0.3, 0.4) is 0 Å². The number of amides is 1. The molecule has 2 aromatic carbocycles. The van der Waals surface area contributed by atoms with E-state index >= 15 is 0 Å². The van der Waals surface area contributed by atoms with Crippen molar-refractivity contribution in [2.75, 3.05) is 19.4 Å². The van der Waals surface area contributed by atoms with Gasteiger partial charge in [-0.05, 0) is 42.7 Å². The second-order valence-electron chi connectivity index (χ2n) is 6.13. The van der Waals surface area contributed by atoms with Crippen LogP contribution in [-0.2, 0) is 11.2 Å². The van der Waals surface area contributed by atoms with Crippen molar-refractivity contribution < 1.29 is 9.53 Å². The first-order chi connectivity index (χ1) is 13.6. The predicted octanol–water partition coefficient (Wildman–Crippen LogP) is 3.89. The van der Waals surface area contributed by atoms with Gasteiger partial charge in [0, 0.05) is 11.6 Å². The predicted molar refractivity (Wildman–Crippen MR) is 112 cm³/mol. The second kappa shape index (κ2) is 9.61. The topological polar surface area (TPSA) is 79.9 Å². The van der Waals surface area contributed by atoms with E-state index in [1.54, 1.807) is 25.3 Å². The highest BCUT2D eigenvalue weighted by molar-refractivity contribution is 7.99. The molecule has 28 heavy (non-hydrogen) atoms. The summed E-state index contributed by atoms with van der Waals surface area (Å²) in [4.78, 5) is 16.5. The van der Waals surface area contributed by atoms with E-state index in [2.05, 4.69) is 39.6 Å². The van der Waals surface area contributed by atoms with Crippen molar-refractivity contribution in [3.8, 4) is 17.1 Å². The van der Waals surface area contributed by atoms with E-state index in [9.17, 15) is 4.79 Å². The molecule has 0 spiro atoms. The molecule has 146 valence electrons. The van der Waals surface area contributed by atoms with Gasteiger partial charge in [0.1, 0.15) is 5.75 Å². The van der Waals surface area contributed by atoms with Crippen molar-refractivity contribution in [3.63, 3.8) is 0 Å². The van der Waals surface area contributed by atoms with Crippen molar-refractivity contribution in [2.24, 2.45) is 0 Å². The zero-order valence-corrected chi connectivity index (χ0v) is 17.2. The number of methoxy groups -OCH3 is 1. The monoisotopic (exact) mass is 416 g/mol. The number of H-pyrrole nitrogens is 1. The van der Waals surface area contributed by atoms with E-state index in [1.165, 1.54) is 22.9 Å². The first-order valence-electron chi connectivity index (χ1n) is 8.77. The molecule has 0 atom stereocenters. The molecule has 0 bridgehead atoms. The minimum absolute atomic E-state index is 0.0507. The van der Waals surface area contributed by atoms with Crippen molar-refractivity contribution in [1.29, 1.82) is 0 Å². The molecule has 0 aliphatic heterocycles. The number of rotatable bonds is 8. The largest absolute Gasteiger partial charge is 0.496 e. The molecule has 0 saturated heterocycles. The third-order valence-electron chi connectivity index (χ3n) is 4.19. The van der Waals surface area contributed by atoms with Crippen LogP contribution in [0.2, 0.25) is 5.02 Å². The second-order valence-corrected chi connectivity index (χ2v) is 7.51. The summed E-state index contributed by atoms with van der Waals surface area (Å²) in [5, 5.41) is 11.0. The first-order valence-corrected chi connectivity index (χ1v) is 10.1. The van der Waals surface area contributed by atoms with Crippen LogP contribution in [0.25, 0.3) is 11.4 Å². The van der Waals surface area contributed by atoms with Gasteiger partial charge in [-0.25, -0.2) is 4.98 Å². The highest BCUT2D eigenvalue weighted by atomic mass is 35.5. The van der Waals surface area contributed by atoms with Crippen LogP contribution in [0.15, 0.2) is 47.6 Å². The Morgan fingerprint density at radius 2 is 2.11 bits per heavy atom. The standard InChI is InChI=1S/C20H21ClN4O2S/c1-13-5-3-4-6-14(13)9-10-22-18(26)12-28-20-23-19(24-25-20)16-11-15(21)7-8-17(16)27-2/h3-8,11H,9-10,12H2,1-2H3,(H,22,26)(H,23,24,25). The lowest BCUT2D eigenvalue weighted by molar-refractivity contribution is -0.118. The molecule has 1 amide bonds. The summed E-state index contributed by atoms with van der Waals surface area (Å²) in [7, 11) is 1.58. The summed E-state index contributed by atoms with van der Waals surface area (Å²) in [5.41, 5.74) is 3.19. The van der Waals surface area contributed by atoms with E-state index in [0.29, 0.717) is 28.3 Å². The first kappa shape index (κ1) is 20.2. The number of ether oxygens (including phenoxy) is 1. The molecule has 0 aliphatic carbocycles. The van der Waals surface area contributed by atoms with Crippen LogP contribution in [0, 0.1) is 6.92 Å². The number of hydrogen-bond acceptors (Lipinski definition) is 5. The van der Waals surface area contributed by atoms with Crippen LogP contribution in [0.1, 0.15) is 11.1 Å². The Bertz CT molecular complexity index is 961. The van der Waals surface area contributed by atoms with E-state index in [0.717, 1.165) is 12.0 Å². The number of aromatic amines is 1. The highest BCUT2D eigenvalue weighted by Crippen LogP contribution is 2.31. The Balaban J connectivity index is 1.51. The Morgan fingerprint density at radius 1 is 1.29 bits per heavy atom. The number of nitrogens with zero attached hydrogens (tertiary/aromatic N) is 2. The quantitative estimate of drug-likeness (QED) is 0.544. The average Bonchev–Trinajstić information content (AvgIpc) is 3.17. The van der Waals surface area contributed by atoms with Gasteiger partial charge in [-0.2, -0.15) is 0 Å². The summed E-state index contributed by atoms with van der Waals surface area (Å²) >= 11 is 7.33. The third-order valence-corrected chi connectivity index (χ3v) is 5.27. The molecule has 0 fully saturated rings. The molecule has 6 nitrogen and oxygen atoms in total. The minimum atomic E-state index is -0.0507. The third kappa shape index (κ3) is 5.27. The van der Waals surface area contributed by atoms with Gasteiger partial charge in [-0.3, -0.25) is 9.89 Å². The Labute approximate surface area is 173 Å². The number of nitrogens with one attached hydrogen (secondary N) is 2. The molecule has 2 N–H and O–H groups in total. The van der Waals surface area contributed by atoms with Gasteiger partial charge in [0.15, 0.2) is 5.82 Å². The lowest BCUT2D eigenvalue weighted by Gasteiger charge is -2.07. The summed E-state index contributed by atoms with van der Waals surface area (Å²) in [6, 6.07) is 13.5. The Kier molecular flexibility index (Phi) is 6.95. The number of carbonyl (C=O) groups excluding carboxylic acids is 1. The van der Waals surface area contributed by atoms with Crippen LogP contribution < -0.4 is 10.1 Å². The summed E-state index contributed by atoms with van der Waals surface area (Å²) in [6.07, 6.45) is 0.808. The maximum Gasteiger partial charge on any atom is 0.230 e. The van der Waals surface area contributed by atoms with Gasteiger partial charge in [0.2, 0.25) is 11.1 Å². The summed E-state index contributed by atoms with van der Waals surface area (Å²) < 4.78 is 5.33. The van der Waals surface area contributed by atoms with Gasteiger partial charge in [-0.15, -0.1) is 5.10 Å². The smallest absolute Gasteiger partial charge is 0.230 e. The fourth-order valence-electron chi connectivity index (χ4n) is 2.70. The van der Waals surface area contributed by atoms with Gasteiger partial charge in [0.05, 0.1) is 18.4 Å². The molecule has 3 aromatic rings. The SMILES string of the molecule is COc1ccc(Cl)cc1-c1nc(SCC(=O)NCCc2ccccc2C)n[nH]1. The Hall–Kier alpha value is -2.51. The maximum absolute atomic E-state index is 12.1. The van der Waals surface area contributed by atoms with Gasteiger partial charge in [0.25, 0.3) is 0 Å². The van der Waals surface area contributed by atoms with Crippen molar-refractivity contribution in [3.05, 3.63) is 58.6 Å². The van der Waals surface area contributed by atoms with E-state index in [1.807, 2.05) is 12.1 Å². The van der Waals surface area contributed by atoms with Gasteiger partial charge in [-0.1, -0.05) is 47.6 Å². The molecule has 0 saturated carbocycles. The van der Waals surface area contributed by atoms with Crippen LogP contribution >= 0.6 is 23.4 Å². The van der Waals surface area contributed by atoms with Crippen LogP contribution in [0.5, 0.6) is 5.75 Å². The van der Waals surface area contributed by atoms with Gasteiger partial charge >= 0.3 is 0 Å². The molecule has 1 aromatic heterocycles. The number of aryl methyl sites for hydroxylation is 1. The van der Waals surface area contributed by atoms with Crippen molar-refractivity contribution in [1.82, 2.24) is 20.5 Å². The lowest BCUT2D eigenvalue weighted by Crippen LogP contribution is -2.27. The lowest BCUT2D eigenvalue weighted by atomic mass is 10.1. The zero-order valence-electron chi connectivity index (χ0n) is 15.7. The van der Waals surface area contributed by atoms with Crippen LogP contribution in [0.4, 0.5) is 0 Å². The number of carbonyl (C=O) groups is 1. The number of halogens is 1. The molecule has 0 radical (unpaired) electrons. The molecule has 0 aliphatic rings. The number of benzene rings is 2.